The number of alkyl halides is 1. The van der Waals surface area contributed by atoms with Crippen molar-refractivity contribution < 1.29 is 4.39 Å². The van der Waals surface area contributed by atoms with Crippen LogP contribution < -0.4 is 0 Å². The van der Waals surface area contributed by atoms with Gasteiger partial charge >= 0.3 is 0 Å². The zero-order chi connectivity index (χ0) is 11.5. The summed E-state index contributed by atoms with van der Waals surface area (Å²) in [5.41, 5.74) is 1.14. The van der Waals surface area contributed by atoms with Gasteiger partial charge in [-0.25, -0.2) is 4.39 Å². The van der Waals surface area contributed by atoms with Gasteiger partial charge in [0.15, 0.2) is 0 Å². The molecule has 2 nitrogen and oxygen atoms in total. The van der Waals surface area contributed by atoms with Gasteiger partial charge in [-0.05, 0) is 12.5 Å². The number of hydrogen-bond acceptors (Lipinski definition) is 2. The van der Waals surface area contributed by atoms with E-state index in [9.17, 15) is 4.39 Å². The topological polar surface area (TPSA) is 27.0 Å². The third kappa shape index (κ3) is 2.07. The van der Waals surface area contributed by atoms with Crippen molar-refractivity contribution in [3.05, 3.63) is 35.9 Å². The van der Waals surface area contributed by atoms with Gasteiger partial charge in [-0.1, -0.05) is 30.3 Å². The molecule has 0 amide bonds. The van der Waals surface area contributed by atoms with E-state index in [1.54, 1.807) is 0 Å². The molecule has 0 bridgehead atoms. The first-order valence-electron chi connectivity index (χ1n) is 5.56. The first kappa shape index (κ1) is 11.1. The highest BCUT2D eigenvalue weighted by Crippen LogP contribution is 2.29. The van der Waals surface area contributed by atoms with Gasteiger partial charge < -0.3 is 0 Å². The maximum Gasteiger partial charge on any atom is 0.115 e. The normalized spacial score (nSPS) is 27.6. The fraction of sp³-hybridized carbons (Fsp3) is 0.462. The van der Waals surface area contributed by atoms with Crippen LogP contribution in [0.15, 0.2) is 30.3 Å². The zero-order valence-electron chi connectivity index (χ0n) is 9.31. The third-order valence-electron chi connectivity index (χ3n) is 3.22. The summed E-state index contributed by atoms with van der Waals surface area (Å²) in [5, 5.41) is 8.99. The van der Waals surface area contributed by atoms with Gasteiger partial charge in [0.25, 0.3) is 0 Å². The second-order valence-electron chi connectivity index (χ2n) is 4.26. The molecule has 3 atom stereocenters. The van der Waals surface area contributed by atoms with Crippen LogP contribution >= 0.6 is 0 Å². The average molecular weight is 218 g/mol. The predicted molar refractivity (Wildman–Crippen MR) is 60.5 cm³/mol. The SMILES string of the molecule is CC(c1ccccc1)N1C[C@@H](F)C[C@@H]1C#N. The molecule has 1 heterocycles. The van der Waals surface area contributed by atoms with Crippen molar-refractivity contribution in [3.8, 4) is 6.07 Å². The van der Waals surface area contributed by atoms with Crippen molar-refractivity contribution in [2.45, 2.75) is 31.6 Å². The number of hydrogen-bond donors (Lipinski definition) is 0. The largest absolute Gasteiger partial charge is 0.278 e. The van der Waals surface area contributed by atoms with Crippen molar-refractivity contribution in [1.29, 1.82) is 5.26 Å². The Labute approximate surface area is 95.3 Å². The summed E-state index contributed by atoms with van der Waals surface area (Å²) in [6.07, 6.45) is -0.524. The molecule has 0 spiro atoms. The molecule has 2 rings (SSSR count). The van der Waals surface area contributed by atoms with Gasteiger partial charge in [-0.15, -0.1) is 0 Å². The Morgan fingerprint density at radius 1 is 1.44 bits per heavy atom. The Kier molecular flexibility index (Phi) is 3.21. The van der Waals surface area contributed by atoms with Crippen LogP contribution in [0.4, 0.5) is 4.39 Å². The van der Waals surface area contributed by atoms with Crippen LogP contribution in [-0.2, 0) is 0 Å². The number of likely N-dealkylation sites (tertiary alicyclic amines) is 1. The van der Waals surface area contributed by atoms with E-state index in [1.165, 1.54) is 0 Å². The van der Waals surface area contributed by atoms with Gasteiger partial charge in [0.2, 0.25) is 0 Å². The fourth-order valence-corrected chi connectivity index (χ4v) is 2.29. The molecule has 1 saturated heterocycles. The highest BCUT2D eigenvalue weighted by molar-refractivity contribution is 5.20. The molecule has 1 aromatic carbocycles. The van der Waals surface area contributed by atoms with Crippen LogP contribution in [-0.4, -0.2) is 23.7 Å². The van der Waals surface area contributed by atoms with Crippen LogP contribution in [0, 0.1) is 11.3 Å². The molecule has 1 aliphatic heterocycles. The summed E-state index contributed by atoms with van der Waals surface area (Å²) in [6, 6.07) is 11.9. The Balaban J connectivity index is 2.16. The number of rotatable bonds is 2. The summed E-state index contributed by atoms with van der Waals surface area (Å²) < 4.78 is 13.3. The molecule has 1 fully saturated rings. The summed E-state index contributed by atoms with van der Waals surface area (Å²) >= 11 is 0. The van der Waals surface area contributed by atoms with E-state index < -0.39 is 6.17 Å². The number of nitrogens with zero attached hydrogens (tertiary/aromatic N) is 2. The number of benzene rings is 1. The van der Waals surface area contributed by atoms with E-state index in [2.05, 4.69) is 6.07 Å². The average Bonchev–Trinajstić information content (AvgIpc) is 2.70. The number of nitriles is 1. The monoisotopic (exact) mass is 218 g/mol. The smallest absolute Gasteiger partial charge is 0.115 e. The zero-order valence-corrected chi connectivity index (χ0v) is 9.31. The Morgan fingerprint density at radius 3 is 2.75 bits per heavy atom. The minimum absolute atomic E-state index is 0.103. The molecular weight excluding hydrogens is 203 g/mol. The van der Waals surface area contributed by atoms with E-state index in [4.69, 9.17) is 5.26 Å². The number of halogens is 1. The molecule has 0 radical (unpaired) electrons. The van der Waals surface area contributed by atoms with Crippen LogP contribution in [0.3, 0.4) is 0 Å². The molecule has 1 unspecified atom stereocenters. The Morgan fingerprint density at radius 2 is 2.12 bits per heavy atom. The minimum atomic E-state index is -0.865. The molecule has 16 heavy (non-hydrogen) atoms. The molecule has 1 aliphatic rings. The first-order valence-corrected chi connectivity index (χ1v) is 5.56. The molecule has 0 aromatic heterocycles. The fourth-order valence-electron chi connectivity index (χ4n) is 2.29. The van der Waals surface area contributed by atoms with Gasteiger partial charge in [0.05, 0.1) is 6.07 Å². The van der Waals surface area contributed by atoms with Crippen molar-refractivity contribution in [3.63, 3.8) is 0 Å². The lowest BCUT2D eigenvalue weighted by Crippen LogP contribution is -2.31. The molecule has 0 saturated carbocycles. The van der Waals surface area contributed by atoms with Crippen LogP contribution in [0.25, 0.3) is 0 Å². The van der Waals surface area contributed by atoms with Gasteiger partial charge in [-0.3, -0.25) is 4.90 Å². The maximum atomic E-state index is 13.3. The Bertz CT molecular complexity index is 385. The maximum absolute atomic E-state index is 13.3. The van der Waals surface area contributed by atoms with Gasteiger partial charge in [0, 0.05) is 19.0 Å². The summed E-state index contributed by atoms with van der Waals surface area (Å²) in [5.74, 6) is 0. The van der Waals surface area contributed by atoms with Gasteiger partial charge in [0.1, 0.15) is 12.2 Å². The quantitative estimate of drug-likeness (QED) is 0.763. The van der Waals surface area contributed by atoms with E-state index in [0.717, 1.165) is 5.56 Å². The van der Waals surface area contributed by atoms with Crippen molar-refractivity contribution in [1.82, 2.24) is 4.90 Å². The highest BCUT2D eigenvalue weighted by Gasteiger charge is 2.35. The first-order chi connectivity index (χ1) is 7.72. The second-order valence-corrected chi connectivity index (χ2v) is 4.26. The van der Waals surface area contributed by atoms with E-state index in [1.807, 2.05) is 42.2 Å². The van der Waals surface area contributed by atoms with Crippen LogP contribution in [0.5, 0.6) is 0 Å². The van der Waals surface area contributed by atoms with E-state index >= 15 is 0 Å². The third-order valence-corrected chi connectivity index (χ3v) is 3.22. The molecule has 0 N–H and O–H groups in total. The van der Waals surface area contributed by atoms with Crippen molar-refractivity contribution in [2.75, 3.05) is 6.54 Å². The van der Waals surface area contributed by atoms with Crippen LogP contribution in [0.2, 0.25) is 0 Å². The predicted octanol–water partition coefficient (Wildman–Crippen LogP) is 2.68. The molecule has 1 aromatic rings. The lowest BCUT2D eigenvalue weighted by molar-refractivity contribution is 0.211. The molecular formula is C13H15FN2. The lowest BCUT2D eigenvalue weighted by Gasteiger charge is -2.26. The minimum Gasteiger partial charge on any atom is -0.278 e. The Hall–Kier alpha value is -1.40. The van der Waals surface area contributed by atoms with Crippen molar-refractivity contribution in [2.24, 2.45) is 0 Å². The lowest BCUT2D eigenvalue weighted by atomic mass is 10.1. The summed E-state index contributed by atoms with van der Waals surface area (Å²) in [6.45, 7) is 2.39. The standard InChI is InChI=1S/C13H15FN2/c1-10(11-5-3-2-4-6-11)16-9-12(14)7-13(16)8-15/h2-6,10,12-13H,7,9H2,1H3/t10?,12-,13+/m0/s1. The molecule has 84 valence electrons. The molecule has 3 heteroatoms. The van der Waals surface area contributed by atoms with E-state index in [-0.39, 0.29) is 12.1 Å². The van der Waals surface area contributed by atoms with Gasteiger partial charge in [-0.2, -0.15) is 5.26 Å². The summed E-state index contributed by atoms with van der Waals surface area (Å²) in [7, 11) is 0. The van der Waals surface area contributed by atoms with E-state index in [0.29, 0.717) is 13.0 Å². The summed E-state index contributed by atoms with van der Waals surface area (Å²) in [4.78, 5) is 1.94. The molecule has 0 aliphatic carbocycles. The van der Waals surface area contributed by atoms with Crippen molar-refractivity contribution >= 4 is 0 Å². The second kappa shape index (κ2) is 4.63. The van der Waals surface area contributed by atoms with Crippen LogP contribution in [0.1, 0.15) is 24.9 Å². The highest BCUT2D eigenvalue weighted by atomic mass is 19.1.